The highest BCUT2D eigenvalue weighted by Gasteiger charge is 2.17. The van der Waals surface area contributed by atoms with Crippen LogP contribution >= 0.6 is 22.9 Å². The SMILES string of the molecule is Cc1c(-c2ccoc2Cl)sc(C#N)c1N. The quantitative estimate of drug-likeness (QED) is 0.828. The number of nitrogens with two attached hydrogens (primary N) is 1. The van der Waals surface area contributed by atoms with Crippen molar-refractivity contribution in [2.45, 2.75) is 6.92 Å². The third-order valence-electron chi connectivity index (χ3n) is 2.16. The van der Waals surface area contributed by atoms with Gasteiger partial charge < -0.3 is 10.2 Å². The van der Waals surface area contributed by atoms with E-state index < -0.39 is 0 Å². The van der Waals surface area contributed by atoms with E-state index in [2.05, 4.69) is 6.07 Å². The number of hydrogen-bond acceptors (Lipinski definition) is 4. The Labute approximate surface area is 95.7 Å². The summed E-state index contributed by atoms with van der Waals surface area (Å²) in [5.41, 5.74) is 7.97. The fourth-order valence-electron chi connectivity index (χ4n) is 1.32. The Bertz CT molecular complexity index is 550. The second kappa shape index (κ2) is 3.61. The van der Waals surface area contributed by atoms with Crippen molar-refractivity contribution in [1.29, 1.82) is 5.26 Å². The third-order valence-corrected chi connectivity index (χ3v) is 3.70. The second-order valence-electron chi connectivity index (χ2n) is 3.02. The molecule has 0 aromatic carbocycles. The maximum absolute atomic E-state index is 8.85. The Hall–Kier alpha value is -1.44. The van der Waals surface area contributed by atoms with Gasteiger partial charge in [-0.25, -0.2) is 0 Å². The summed E-state index contributed by atoms with van der Waals surface area (Å²) in [6, 6.07) is 3.82. The number of hydrogen-bond donors (Lipinski definition) is 1. The van der Waals surface area contributed by atoms with Gasteiger partial charge in [0.25, 0.3) is 0 Å². The Morgan fingerprint density at radius 3 is 2.80 bits per heavy atom. The van der Waals surface area contributed by atoms with Gasteiger partial charge in [-0.2, -0.15) is 5.26 Å². The molecule has 5 heteroatoms. The van der Waals surface area contributed by atoms with E-state index in [1.54, 1.807) is 6.07 Å². The minimum Gasteiger partial charge on any atom is -0.452 e. The average Bonchev–Trinajstić information content (AvgIpc) is 2.74. The zero-order chi connectivity index (χ0) is 11.0. The van der Waals surface area contributed by atoms with Gasteiger partial charge in [0.05, 0.1) is 12.0 Å². The van der Waals surface area contributed by atoms with Crippen LogP contribution in [0.5, 0.6) is 0 Å². The van der Waals surface area contributed by atoms with Crippen LogP contribution in [-0.2, 0) is 0 Å². The second-order valence-corrected chi connectivity index (χ2v) is 4.38. The molecule has 0 aliphatic carbocycles. The topological polar surface area (TPSA) is 63.0 Å². The predicted molar refractivity (Wildman–Crippen MR) is 60.9 cm³/mol. The summed E-state index contributed by atoms with van der Waals surface area (Å²) in [4.78, 5) is 1.41. The van der Waals surface area contributed by atoms with E-state index in [1.165, 1.54) is 17.6 Å². The first-order valence-corrected chi connectivity index (χ1v) is 5.37. The first-order chi connectivity index (χ1) is 7.15. The van der Waals surface area contributed by atoms with Gasteiger partial charge >= 0.3 is 0 Å². The molecule has 0 aliphatic heterocycles. The largest absolute Gasteiger partial charge is 0.452 e. The minimum absolute atomic E-state index is 0.323. The summed E-state index contributed by atoms with van der Waals surface area (Å²) >= 11 is 7.19. The highest BCUT2D eigenvalue weighted by molar-refractivity contribution is 7.16. The number of nitriles is 1. The molecule has 15 heavy (non-hydrogen) atoms. The van der Waals surface area contributed by atoms with E-state index in [0.717, 1.165) is 16.0 Å². The Morgan fingerprint density at radius 2 is 2.33 bits per heavy atom. The zero-order valence-corrected chi connectivity index (χ0v) is 9.45. The first kappa shape index (κ1) is 10.1. The van der Waals surface area contributed by atoms with E-state index in [0.29, 0.717) is 15.8 Å². The molecule has 2 aromatic heterocycles. The maximum atomic E-state index is 8.85. The smallest absolute Gasteiger partial charge is 0.201 e. The van der Waals surface area contributed by atoms with Crippen LogP contribution in [-0.4, -0.2) is 0 Å². The number of rotatable bonds is 1. The molecule has 0 radical (unpaired) electrons. The van der Waals surface area contributed by atoms with Gasteiger partial charge in [0.2, 0.25) is 5.22 Å². The third kappa shape index (κ3) is 1.50. The molecule has 2 rings (SSSR count). The zero-order valence-electron chi connectivity index (χ0n) is 7.87. The molecule has 0 atom stereocenters. The van der Waals surface area contributed by atoms with Gasteiger partial charge in [0.15, 0.2) is 0 Å². The van der Waals surface area contributed by atoms with Crippen molar-refractivity contribution in [2.24, 2.45) is 0 Å². The monoisotopic (exact) mass is 238 g/mol. The maximum Gasteiger partial charge on any atom is 0.201 e. The van der Waals surface area contributed by atoms with Crippen molar-refractivity contribution in [3.05, 3.63) is 28.0 Å². The van der Waals surface area contributed by atoms with E-state index in [9.17, 15) is 0 Å². The van der Waals surface area contributed by atoms with Gasteiger partial charge in [-0.15, -0.1) is 11.3 Å². The molecule has 0 saturated heterocycles. The van der Waals surface area contributed by atoms with Crippen molar-refractivity contribution in [1.82, 2.24) is 0 Å². The van der Waals surface area contributed by atoms with Crippen LogP contribution in [0, 0.1) is 18.3 Å². The summed E-state index contributed by atoms with van der Waals surface area (Å²) in [5.74, 6) is 0. The lowest BCUT2D eigenvalue weighted by molar-refractivity contribution is 0.570. The fourth-order valence-corrected chi connectivity index (χ4v) is 2.63. The molecule has 0 amide bonds. The summed E-state index contributed by atoms with van der Waals surface area (Å²) in [5, 5.41) is 9.17. The van der Waals surface area contributed by atoms with Gasteiger partial charge in [0, 0.05) is 10.4 Å². The molecule has 76 valence electrons. The molecule has 3 nitrogen and oxygen atoms in total. The van der Waals surface area contributed by atoms with E-state index in [1.807, 2.05) is 6.92 Å². The van der Waals surface area contributed by atoms with E-state index in [-0.39, 0.29) is 0 Å². The van der Waals surface area contributed by atoms with E-state index in [4.69, 9.17) is 27.0 Å². The van der Waals surface area contributed by atoms with Crippen molar-refractivity contribution in [3.63, 3.8) is 0 Å². The van der Waals surface area contributed by atoms with Gasteiger partial charge in [0.1, 0.15) is 10.9 Å². The highest BCUT2D eigenvalue weighted by atomic mass is 35.5. The predicted octanol–water partition coefficient (Wildman–Crippen LogP) is 3.42. The minimum atomic E-state index is 0.323. The molecule has 2 N–H and O–H groups in total. The fraction of sp³-hybridized carbons (Fsp3) is 0.100. The molecular weight excluding hydrogens is 232 g/mol. The van der Waals surface area contributed by atoms with Crippen LogP contribution in [0.2, 0.25) is 5.22 Å². The number of halogens is 1. The molecule has 0 bridgehead atoms. The molecule has 2 heterocycles. The van der Waals surface area contributed by atoms with Gasteiger partial charge in [-0.05, 0) is 30.2 Å². The average molecular weight is 239 g/mol. The Kier molecular flexibility index (Phi) is 2.43. The molecule has 0 saturated carbocycles. The summed E-state index contributed by atoms with van der Waals surface area (Å²) in [6.07, 6.45) is 1.51. The highest BCUT2D eigenvalue weighted by Crippen LogP contribution is 2.40. The Morgan fingerprint density at radius 1 is 1.60 bits per heavy atom. The van der Waals surface area contributed by atoms with Crippen LogP contribution in [0.3, 0.4) is 0 Å². The van der Waals surface area contributed by atoms with Gasteiger partial charge in [-0.3, -0.25) is 0 Å². The molecule has 0 fully saturated rings. The lowest BCUT2D eigenvalue weighted by Crippen LogP contribution is -1.87. The number of nitrogen functional groups attached to an aromatic ring is 1. The van der Waals surface area contributed by atoms with Crippen molar-refractivity contribution in [3.8, 4) is 16.5 Å². The van der Waals surface area contributed by atoms with Crippen LogP contribution in [0.15, 0.2) is 16.7 Å². The van der Waals surface area contributed by atoms with Crippen molar-refractivity contribution >= 4 is 28.6 Å². The first-order valence-electron chi connectivity index (χ1n) is 4.17. The molecule has 2 aromatic rings. The molecular formula is C10H7ClN2OS. The van der Waals surface area contributed by atoms with Crippen LogP contribution in [0.1, 0.15) is 10.4 Å². The summed E-state index contributed by atoms with van der Waals surface area (Å²) < 4.78 is 5.01. The summed E-state index contributed by atoms with van der Waals surface area (Å²) in [6.45, 7) is 1.87. The number of anilines is 1. The normalized spacial score (nSPS) is 10.2. The van der Waals surface area contributed by atoms with Crippen molar-refractivity contribution < 1.29 is 4.42 Å². The lowest BCUT2D eigenvalue weighted by atomic mass is 10.1. The standard InChI is InChI=1S/C10H7ClN2OS/c1-5-8(13)7(4-12)15-9(5)6-2-3-14-10(6)11/h2-3H,13H2,1H3. The van der Waals surface area contributed by atoms with Crippen molar-refractivity contribution in [2.75, 3.05) is 5.73 Å². The van der Waals surface area contributed by atoms with Crippen LogP contribution in [0.4, 0.5) is 5.69 Å². The van der Waals surface area contributed by atoms with Gasteiger partial charge in [-0.1, -0.05) is 0 Å². The van der Waals surface area contributed by atoms with E-state index >= 15 is 0 Å². The Balaban J connectivity index is 2.66. The molecule has 0 aliphatic rings. The molecule has 0 unspecified atom stereocenters. The number of furan rings is 1. The summed E-state index contributed by atoms with van der Waals surface area (Å²) in [7, 11) is 0. The lowest BCUT2D eigenvalue weighted by Gasteiger charge is -1.95. The number of nitrogens with zero attached hydrogens (tertiary/aromatic N) is 1. The number of thiophene rings is 1. The molecule has 0 spiro atoms. The van der Waals surface area contributed by atoms with Crippen LogP contribution in [0.25, 0.3) is 10.4 Å². The van der Waals surface area contributed by atoms with Crippen LogP contribution < -0.4 is 5.73 Å².